The number of fused-ring (bicyclic) bond motifs is 1. The summed E-state index contributed by atoms with van der Waals surface area (Å²) < 4.78 is 0. The van der Waals surface area contributed by atoms with Gasteiger partial charge in [0.25, 0.3) is 0 Å². The minimum atomic E-state index is 0.475. The average molecular weight is 356 g/mol. The molecular weight excluding hydrogens is 336 g/mol. The highest BCUT2D eigenvalue weighted by Gasteiger charge is 2.11. The number of benzene rings is 2. The molecule has 0 aliphatic rings. The molecule has 0 fully saturated rings. The van der Waals surface area contributed by atoms with Crippen molar-refractivity contribution in [2.24, 2.45) is 5.84 Å². The molecule has 0 aliphatic carbocycles. The number of nitrogen functional groups attached to an aromatic ring is 2. The third-order valence-electron chi connectivity index (χ3n) is 4.38. The molecule has 0 unspecified atom stereocenters. The van der Waals surface area contributed by atoms with Crippen molar-refractivity contribution in [3.8, 4) is 11.3 Å². The summed E-state index contributed by atoms with van der Waals surface area (Å²) in [4.78, 5) is 8.99. The highest BCUT2D eigenvalue weighted by Crippen LogP contribution is 2.27. The van der Waals surface area contributed by atoms with Gasteiger partial charge < -0.3 is 11.5 Å². The Morgan fingerprint density at radius 2 is 1.78 bits per heavy atom. The van der Waals surface area contributed by atoms with Crippen molar-refractivity contribution in [1.82, 2.24) is 9.97 Å². The highest BCUT2D eigenvalue weighted by molar-refractivity contribution is 5.79. The number of nitrogens with zero attached hydrogens (tertiary/aromatic N) is 3. The van der Waals surface area contributed by atoms with E-state index >= 15 is 0 Å². The summed E-state index contributed by atoms with van der Waals surface area (Å²) in [6.07, 6.45) is 1.78. The van der Waals surface area contributed by atoms with Crippen LogP contribution in [0.15, 0.2) is 72.9 Å². The molecule has 6 nitrogen and oxygen atoms in total. The first-order valence-electron chi connectivity index (χ1n) is 8.58. The lowest BCUT2D eigenvalue weighted by Gasteiger charge is -2.20. The maximum atomic E-state index is 6.30. The van der Waals surface area contributed by atoms with Crippen LogP contribution in [0.1, 0.15) is 5.56 Å². The van der Waals surface area contributed by atoms with Gasteiger partial charge in [-0.15, -0.1) is 0 Å². The Morgan fingerprint density at radius 1 is 0.889 bits per heavy atom. The van der Waals surface area contributed by atoms with E-state index in [-0.39, 0.29) is 0 Å². The number of hydrogen-bond acceptors (Lipinski definition) is 6. The van der Waals surface area contributed by atoms with Crippen molar-refractivity contribution in [2.75, 3.05) is 16.5 Å². The molecule has 0 amide bonds. The predicted molar refractivity (Wildman–Crippen MR) is 111 cm³/mol. The molecule has 134 valence electrons. The van der Waals surface area contributed by atoms with E-state index in [4.69, 9.17) is 17.3 Å². The van der Waals surface area contributed by atoms with Crippen molar-refractivity contribution in [2.45, 2.75) is 6.54 Å². The summed E-state index contributed by atoms with van der Waals surface area (Å²) in [5.74, 6) is 6.83. The fourth-order valence-electron chi connectivity index (χ4n) is 3.04. The van der Waals surface area contributed by atoms with Gasteiger partial charge >= 0.3 is 0 Å². The molecule has 0 bridgehead atoms. The van der Waals surface area contributed by atoms with Crippen LogP contribution in [0.3, 0.4) is 0 Å². The van der Waals surface area contributed by atoms with Crippen molar-refractivity contribution in [3.63, 3.8) is 0 Å². The van der Waals surface area contributed by atoms with Crippen LogP contribution in [0.2, 0.25) is 0 Å². The van der Waals surface area contributed by atoms with E-state index < -0.39 is 0 Å². The van der Waals surface area contributed by atoms with Gasteiger partial charge in [-0.25, -0.2) is 10.8 Å². The minimum absolute atomic E-state index is 0.475. The quantitative estimate of drug-likeness (QED) is 0.294. The molecule has 27 heavy (non-hydrogen) atoms. The van der Waals surface area contributed by atoms with Crippen molar-refractivity contribution in [1.29, 1.82) is 0 Å². The van der Waals surface area contributed by atoms with E-state index in [1.807, 2.05) is 60.7 Å². The summed E-state index contributed by atoms with van der Waals surface area (Å²) in [5, 5.41) is 2.63. The molecule has 0 saturated carbocycles. The molecule has 2 aromatic heterocycles. The van der Waals surface area contributed by atoms with Gasteiger partial charge in [-0.05, 0) is 48.0 Å². The molecule has 0 spiro atoms. The molecule has 4 aromatic rings. The molecule has 4 rings (SSSR count). The van der Waals surface area contributed by atoms with Gasteiger partial charge in [-0.3, -0.25) is 9.99 Å². The van der Waals surface area contributed by atoms with Crippen LogP contribution in [-0.2, 0) is 6.54 Å². The monoisotopic (exact) mass is 356 g/mol. The summed E-state index contributed by atoms with van der Waals surface area (Å²) in [6, 6.07) is 21.2. The Labute approximate surface area is 157 Å². The number of hydrogen-bond donors (Lipinski definition) is 3. The van der Waals surface area contributed by atoms with Crippen LogP contribution in [0, 0.1) is 0 Å². The zero-order valence-electron chi connectivity index (χ0n) is 14.7. The first-order valence-corrected chi connectivity index (χ1v) is 8.58. The summed E-state index contributed by atoms with van der Waals surface area (Å²) in [7, 11) is 0. The third-order valence-corrected chi connectivity index (χ3v) is 4.38. The fourth-order valence-corrected chi connectivity index (χ4v) is 3.04. The van der Waals surface area contributed by atoms with Gasteiger partial charge in [0.2, 0.25) is 0 Å². The number of anilines is 3. The van der Waals surface area contributed by atoms with E-state index in [1.54, 1.807) is 11.2 Å². The average Bonchev–Trinajstić information content (AvgIpc) is 2.68. The molecular formula is C21H20N6. The SMILES string of the molecule is Nc1cccc(-c2ccc(N)c(N(N)Cc3ccc4ncccc4c3)n2)c1. The maximum absolute atomic E-state index is 6.30. The number of hydrazine groups is 1. The number of aromatic nitrogens is 2. The second-order valence-corrected chi connectivity index (χ2v) is 6.39. The van der Waals surface area contributed by atoms with Crippen LogP contribution in [0.25, 0.3) is 22.2 Å². The second kappa shape index (κ2) is 6.93. The molecule has 0 atom stereocenters. The van der Waals surface area contributed by atoms with Crippen LogP contribution in [-0.4, -0.2) is 9.97 Å². The Balaban J connectivity index is 1.64. The molecule has 6 heteroatoms. The van der Waals surface area contributed by atoms with Gasteiger partial charge in [0.05, 0.1) is 23.4 Å². The van der Waals surface area contributed by atoms with E-state index in [0.29, 0.717) is 23.7 Å². The Kier molecular flexibility index (Phi) is 4.32. The predicted octanol–water partition coefficient (Wildman–Crippen LogP) is 3.34. The first kappa shape index (κ1) is 16.8. The van der Waals surface area contributed by atoms with Gasteiger partial charge in [-0.2, -0.15) is 0 Å². The summed E-state index contributed by atoms with van der Waals surface area (Å²) >= 11 is 0. The smallest absolute Gasteiger partial charge is 0.166 e. The van der Waals surface area contributed by atoms with Crippen LogP contribution >= 0.6 is 0 Å². The molecule has 0 saturated heterocycles. The van der Waals surface area contributed by atoms with Gasteiger partial charge in [0.1, 0.15) is 0 Å². The van der Waals surface area contributed by atoms with Crippen LogP contribution in [0.5, 0.6) is 0 Å². The second-order valence-electron chi connectivity index (χ2n) is 6.39. The number of nitrogens with two attached hydrogens (primary N) is 3. The van der Waals surface area contributed by atoms with Crippen molar-refractivity contribution >= 4 is 28.1 Å². The molecule has 2 aromatic carbocycles. The number of pyridine rings is 2. The zero-order valence-corrected chi connectivity index (χ0v) is 14.7. The first-order chi connectivity index (χ1) is 13.1. The normalized spacial score (nSPS) is 10.9. The molecule has 6 N–H and O–H groups in total. The van der Waals surface area contributed by atoms with Gasteiger partial charge in [0, 0.05) is 22.8 Å². The molecule has 0 radical (unpaired) electrons. The molecule has 0 aliphatic heterocycles. The Morgan fingerprint density at radius 3 is 2.63 bits per heavy atom. The fraction of sp³-hybridized carbons (Fsp3) is 0.0476. The van der Waals surface area contributed by atoms with Crippen LogP contribution in [0.4, 0.5) is 17.2 Å². The maximum Gasteiger partial charge on any atom is 0.166 e. The topological polar surface area (TPSA) is 107 Å². The minimum Gasteiger partial charge on any atom is -0.399 e. The summed E-state index contributed by atoms with van der Waals surface area (Å²) in [6.45, 7) is 0.475. The standard InChI is InChI=1S/C21H20N6/c22-17-5-1-3-16(12-17)20-9-7-18(23)21(26-20)27(24)13-14-6-8-19-15(11-14)4-2-10-25-19/h1-12H,13,22-24H2. The highest BCUT2D eigenvalue weighted by atomic mass is 15.4. The van der Waals surface area contributed by atoms with Crippen molar-refractivity contribution < 1.29 is 0 Å². The van der Waals surface area contributed by atoms with Crippen LogP contribution < -0.4 is 22.3 Å². The lowest BCUT2D eigenvalue weighted by Crippen LogP contribution is -2.31. The zero-order chi connectivity index (χ0) is 18.8. The Hall–Kier alpha value is -3.64. The Bertz CT molecular complexity index is 1110. The lowest BCUT2D eigenvalue weighted by molar-refractivity contribution is 0.836. The number of rotatable bonds is 4. The third kappa shape index (κ3) is 3.51. The van der Waals surface area contributed by atoms with E-state index in [2.05, 4.69) is 16.0 Å². The molecule has 2 heterocycles. The van der Waals surface area contributed by atoms with Gasteiger partial charge in [-0.1, -0.05) is 24.3 Å². The van der Waals surface area contributed by atoms with Crippen molar-refractivity contribution in [3.05, 3.63) is 78.5 Å². The van der Waals surface area contributed by atoms with E-state index in [9.17, 15) is 0 Å². The van der Waals surface area contributed by atoms with E-state index in [0.717, 1.165) is 27.7 Å². The van der Waals surface area contributed by atoms with Gasteiger partial charge in [0.15, 0.2) is 5.82 Å². The summed E-state index contributed by atoms with van der Waals surface area (Å²) in [5.41, 5.74) is 16.9. The lowest BCUT2D eigenvalue weighted by atomic mass is 10.1. The largest absolute Gasteiger partial charge is 0.399 e. The van der Waals surface area contributed by atoms with E-state index in [1.165, 1.54) is 0 Å².